The van der Waals surface area contributed by atoms with E-state index in [2.05, 4.69) is 20.4 Å². The number of rotatable bonds is 9. The molecular formula is C19H28O4. The molecule has 0 aliphatic carbocycles. The van der Waals surface area contributed by atoms with E-state index in [0.29, 0.717) is 36.0 Å². The highest BCUT2D eigenvalue weighted by atomic mass is 16.6. The first-order valence-electron chi connectivity index (χ1n) is 8.22. The summed E-state index contributed by atoms with van der Waals surface area (Å²) in [4.78, 5) is 11.9. The molecule has 0 atom stereocenters. The van der Waals surface area contributed by atoms with Crippen LogP contribution in [-0.2, 0) is 4.79 Å². The molecule has 0 amide bonds. The fraction of sp³-hybridized carbons (Fsp3) is 0.526. The highest BCUT2D eigenvalue weighted by Gasteiger charge is 2.21. The first-order chi connectivity index (χ1) is 10.9. The molecule has 23 heavy (non-hydrogen) atoms. The van der Waals surface area contributed by atoms with Gasteiger partial charge in [0.2, 0.25) is 5.75 Å². The Kier molecular flexibility index (Phi) is 7.66. The Morgan fingerprint density at radius 2 is 1.65 bits per heavy atom. The van der Waals surface area contributed by atoms with Gasteiger partial charge in [0.25, 0.3) is 0 Å². The average molecular weight is 320 g/mol. The van der Waals surface area contributed by atoms with Crippen molar-refractivity contribution in [2.75, 3.05) is 13.2 Å². The van der Waals surface area contributed by atoms with Gasteiger partial charge in [-0.1, -0.05) is 40.3 Å². The summed E-state index contributed by atoms with van der Waals surface area (Å²) in [6, 6.07) is 3.69. The summed E-state index contributed by atoms with van der Waals surface area (Å²) in [5.41, 5.74) is 1.38. The van der Waals surface area contributed by atoms with Crippen LogP contribution in [0.5, 0.6) is 17.2 Å². The van der Waals surface area contributed by atoms with Gasteiger partial charge in [0.1, 0.15) is 0 Å². The van der Waals surface area contributed by atoms with Crippen molar-refractivity contribution in [1.82, 2.24) is 0 Å². The summed E-state index contributed by atoms with van der Waals surface area (Å²) < 4.78 is 17.2. The van der Waals surface area contributed by atoms with Gasteiger partial charge in [0.15, 0.2) is 11.5 Å². The average Bonchev–Trinajstić information content (AvgIpc) is 2.51. The Balaban J connectivity index is 3.32. The Bertz CT molecular complexity index is 547. The van der Waals surface area contributed by atoms with Crippen molar-refractivity contribution in [1.29, 1.82) is 0 Å². The van der Waals surface area contributed by atoms with E-state index < -0.39 is 5.97 Å². The van der Waals surface area contributed by atoms with E-state index in [1.54, 1.807) is 13.0 Å². The zero-order valence-corrected chi connectivity index (χ0v) is 14.9. The molecule has 128 valence electrons. The quantitative estimate of drug-likeness (QED) is 0.370. The van der Waals surface area contributed by atoms with E-state index in [-0.39, 0.29) is 5.92 Å². The van der Waals surface area contributed by atoms with Crippen LogP contribution in [0.15, 0.2) is 24.3 Å². The Labute approximate surface area is 139 Å². The molecule has 0 bridgehead atoms. The molecule has 4 heteroatoms. The third-order valence-electron chi connectivity index (χ3n) is 3.18. The zero-order valence-electron chi connectivity index (χ0n) is 14.9. The Hall–Kier alpha value is -1.97. The minimum Gasteiger partial charge on any atom is -0.489 e. The molecule has 0 aliphatic heterocycles. The van der Waals surface area contributed by atoms with Crippen LogP contribution in [0.1, 0.15) is 58.9 Å². The second-order valence-electron chi connectivity index (χ2n) is 5.83. The third kappa shape index (κ3) is 5.31. The molecule has 0 aliphatic rings. The molecule has 0 unspecified atom stereocenters. The summed E-state index contributed by atoms with van der Waals surface area (Å²) >= 11 is 0. The number of ether oxygens (including phenoxy) is 3. The SMILES string of the molecule is C=C(C)C(=O)Oc1ccc(C(C)C)c(OCCC)c1OCCC. The van der Waals surface area contributed by atoms with Crippen molar-refractivity contribution in [3.63, 3.8) is 0 Å². The molecule has 0 saturated heterocycles. The highest BCUT2D eigenvalue weighted by Crippen LogP contribution is 2.43. The van der Waals surface area contributed by atoms with Crippen LogP contribution in [0.25, 0.3) is 0 Å². The molecule has 0 radical (unpaired) electrons. The molecule has 1 rings (SSSR count). The molecule has 1 aromatic carbocycles. The number of esters is 1. The summed E-state index contributed by atoms with van der Waals surface area (Å²) in [5.74, 6) is 1.35. The third-order valence-corrected chi connectivity index (χ3v) is 3.18. The topological polar surface area (TPSA) is 44.8 Å². The lowest BCUT2D eigenvalue weighted by Crippen LogP contribution is -2.12. The zero-order chi connectivity index (χ0) is 17.4. The van der Waals surface area contributed by atoms with Crippen molar-refractivity contribution in [3.8, 4) is 17.2 Å². The summed E-state index contributed by atoms with van der Waals surface area (Å²) in [6.07, 6.45) is 1.74. The van der Waals surface area contributed by atoms with Gasteiger partial charge in [-0.3, -0.25) is 0 Å². The van der Waals surface area contributed by atoms with Gasteiger partial charge in [-0.2, -0.15) is 0 Å². The summed E-state index contributed by atoms with van der Waals surface area (Å²) in [6.45, 7) is 14.6. The molecular weight excluding hydrogens is 292 g/mol. The minimum absolute atomic E-state index is 0.275. The minimum atomic E-state index is -0.468. The van der Waals surface area contributed by atoms with Gasteiger partial charge in [0.05, 0.1) is 13.2 Å². The smallest absolute Gasteiger partial charge is 0.338 e. The first kappa shape index (κ1) is 19.1. The van der Waals surface area contributed by atoms with Gasteiger partial charge in [0, 0.05) is 11.1 Å². The van der Waals surface area contributed by atoms with E-state index >= 15 is 0 Å². The maximum atomic E-state index is 11.9. The Morgan fingerprint density at radius 1 is 1.09 bits per heavy atom. The van der Waals surface area contributed by atoms with Crippen LogP contribution >= 0.6 is 0 Å². The predicted octanol–water partition coefficient (Wildman–Crippen LogP) is 4.87. The molecule has 4 nitrogen and oxygen atoms in total. The number of hydrogen-bond donors (Lipinski definition) is 0. The van der Waals surface area contributed by atoms with Crippen molar-refractivity contribution in [2.24, 2.45) is 0 Å². The number of carbonyl (C=O) groups excluding carboxylic acids is 1. The predicted molar refractivity (Wildman–Crippen MR) is 92.6 cm³/mol. The number of benzene rings is 1. The first-order valence-corrected chi connectivity index (χ1v) is 8.22. The van der Waals surface area contributed by atoms with Gasteiger partial charge in [-0.15, -0.1) is 0 Å². The fourth-order valence-electron chi connectivity index (χ4n) is 1.98. The van der Waals surface area contributed by atoms with Crippen molar-refractivity contribution in [2.45, 2.75) is 53.4 Å². The van der Waals surface area contributed by atoms with E-state index in [1.807, 2.05) is 19.9 Å². The summed E-state index contributed by atoms with van der Waals surface area (Å²) in [5, 5.41) is 0. The maximum Gasteiger partial charge on any atom is 0.338 e. The second kappa shape index (κ2) is 9.23. The van der Waals surface area contributed by atoms with E-state index in [0.717, 1.165) is 18.4 Å². The molecule has 1 aromatic rings. The van der Waals surface area contributed by atoms with E-state index in [1.165, 1.54) is 0 Å². The van der Waals surface area contributed by atoms with Gasteiger partial charge >= 0.3 is 5.97 Å². The number of hydrogen-bond acceptors (Lipinski definition) is 4. The lowest BCUT2D eigenvalue weighted by molar-refractivity contribution is -0.130. The van der Waals surface area contributed by atoms with Crippen LogP contribution in [0.3, 0.4) is 0 Å². The Morgan fingerprint density at radius 3 is 2.13 bits per heavy atom. The normalized spacial score (nSPS) is 10.5. The fourth-order valence-corrected chi connectivity index (χ4v) is 1.98. The van der Waals surface area contributed by atoms with Crippen LogP contribution in [0, 0.1) is 0 Å². The molecule has 0 fully saturated rings. The standard InChI is InChI=1S/C19H28O4/c1-7-11-21-17-15(13(3)4)9-10-16(18(17)22-12-8-2)23-19(20)14(5)6/h9-10,13H,5,7-8,11-12H2,1-4,6H3. The van der Waals surface area contributed by atoms with Crippen LogP contribution < -0.4 is 14.2 Å². The van der Waals surface area contributed by atoms with Crippen molar-refractivity contribution < 1.29 is 19.0 Å². The van der Waals surface area contributed by atoms with Crippen LogP contribution in [-0.4, -0.2) is 19.2 Å². The second-order valence-corrected chi connectivity index (χ2v) is 5.83. The van der Waals surface area contributed by atoms with Crippen molar-refractivity contribution in [3.05, 3.63) is 29.8 Å². The molecule has 0 spiro atoms. The lowest BCUT2D eigenvalue weighted by Gasteiger charge is -2.20. The summed E-state index contributed by atoms with van der Waals surface area (Å²) in [7, 11) is 0. The maximum absolute atomic E-state index is 11.9. The van der Waals surface area contributed by atoms with Gasteiger partial charge in [-0.05, 0) is 31.7 Å². The molecule has 0 heterocycles. The lowest BCUT2D eigenvalue weighted by atomic mass is 10.0. The molecule has 0 saturated carbocycles. The van der Waals surface area contributed by atoms with Gasteiger partial charge in [-0.25, -0.2) is 4.79 Å². The van der Waals surface area contributed by atoms with Gasteiger partial charge < -0.3 is 14.2 Å². The van der Waals surface area contributed by atoms with E-state index in [4.69, 9.17) is 14.2 Å². The molecule has 0 N–H and O–H groups in total. The number of carbonyl (C=O) groups is 1. The van der Waals surface area contributed by atoms with Crippen LogP contribution in [0.4, 0.5) is 0 Å². The van der Waals surface area contributed by atoms with Crippen LogP contribution in [0.2, 0.25) is 0 Å². The monoisotopic (exact) mass is 320 g/mol. The highest BCUT2D eigenvalue weighted by molar-refractivity contribution is 5.89. The largest absolute Gasteiger partial charge is 0.489 e. The molecule has 0 aromatic heterocycles. The van der Waals surface area contributed by atoms with E-state index in [9.17, 15) is 4.79 Å². The van der Waals surface area contributed by atoms with Crippen molar-refractivity contribution >= 4 is 5.97 Å².